The Kier molecular flexibility index (Phi) is 5.86. The van der Waals surface area contributed by atoms with Gasteiger partial charge in [-0.3, -0.25) is 9.59 Å². The molecule has 0 spiro atoms. The third-order valence-electron chi connectivity index (χ3n) is 4.12. The third kappa shape index (κ3) is 4.49. The molecule has 5 nitrogen and oxygen atoms in total. The molecule has 24 heavy (non-hydrogen) atoms. The summed E-state index contributed by atoms with van der Waals surface area (Å²) in [5.74, 6) is 0.735. The lowest BCUT2D eigenvalue weighted by molar-refractivity contribution is -0.134. The summed E-state index contributed by atoms with van der Waals surface area (Å²) in [6.07, 6.45) is 2.12. The minimum absolute atomic E-state index is 0.0114. The second-order valence-electron chi connectivity index (χ2n) is 7.14. The van der Waals surface area contributed by atoms with Crippen LogP contribution in [0.2, 0.25) is 0 Å². The smallest absolute Gasteiger partial charge is 0.240 e. The predicted octanol–water partition coefficient (Wildman–Crippen LogP) is 3.35. The number of rotatable bonds is 8. The third-order valence-corrected chi connectivity index (χ3v) is 4.12. The Balaban J connectivity index is 2.00. The Hall–Kier alpha value is -2.04. The molecule has 1 aliphatic rings. The Labute approximate surface area is 144 Å². The maximum Gasteiger partial charge on any atom is 0.240 e. The molecule has 1 saturated carbocycles. The van der Waals surface area contributed by atoms with Crippen molar-refractivity contribution in [2.75, 3.05) is 11.9 Å². The van der Waals surface area contributed by atoms with Crippen LogP contribution in [0.5, 0.6) is 5.75 Å². The van der Waals surface area contributed by atoms with Crippen molar-refractivity contribution in [3.8, 4) is 5.75 Å². The summed E-state index contributed by atoms with van der Waals surface area (Å²) in [6.45, 7) is 8.69. The van der Waals surface area contributed by atoms with Crippen LogP contribution in [-0.4, -0.2) is 24.5 Å². The lowest BCUT2D eigenvalue weighted by Crippen LogP contribution is -2.40. The van der Waals surface area contributed by atoms with E-state index in [9.17, 15) is 9.59 Å². The lowest BCUT2D eigenvalue weighted by Gasteiger charge is -2.18. The van der Waals surface area contributed by atoms with Crippen molar-refractivity contribution in [1.82, 2.24) is 5.32 Å². The van der Waals surface area contributed by atoms with Crippen molar-refractivity contribution >= 4 is 17.5 Å². The van der Waals surface area contributed by atoms with E-state index in [1.54, 1.807) is 6.07 Å². The highest BCUT2D eigenvalue weighted by Crippen LogP contribution is 2.47. The van der Waals surface area contributed by atoms with Gasteiger partial charge in [0.15, 0.2) is 0 Å². The summed E-state index contributed by atoms with van der Waals surface area (Å²) < 4.78 is 5.72. The molecule has 132 valence electrons. The minimum Gasteiger partial charge on any atom is -0.489 e. The molecule has 1 aliphatic carbocycles. The van der Waals surface area contributed by atoms with Crippen LogP contribution in [0.15, 0.2) is 24.3 Å². The van der Waals surface area contributed by atoms with Gasteiger partial charge in [0.25, 0.3) is 0 Å². The molecule has 0 aliphatic heterocycles. The van der Waals surface area contributed by atoms with E-state index in [2.05, 4.69) is 24.5 Å². The number of ether oxygens (including phenoxy) is 1. The van der Waals surface area contributed by atoms with E-state index in [1.165, 1.54) is 0 Å². The normalized spacial score (nSPS) is 15.2. The highest BCUT2D eigenvalue weighted by atomic mass is 16.5. The van der Waals surface area contributed by atoms with Crippen LogP contribution in [0.4, 0.5) is 5.69 Å². The molecule has 2 amide bonds. The molecule has 2 rings (SSSR count). The summed E-state index contributed by atoms with van der Waals surface area (Å²) in [6, 6.07) is 7.31. The first kappa shape index (κ1) is 18.3. The van der Waals surface area contributed by atoms with Crippen molar-refractivity contribution in [2.24, 2.45) is 11.3 Å². The SMILES string of the molecule is CC(C)CCNC(=O)C1(C(=O)Nc2ccccc2OC(C)C)CC1. The first-order chi connectivity index (χ1) is 11.3. The van der Waals surface area contributed by atoms with E-state index in [1.807, 2.05) is 32.0 Å². The van der Waals surface area contributed by atoms with E-state index >= 15 is 0 Å². The number of carbonyl (C=O) groups excluding carboxylic acids is 2. The highest BCUT2D eigenvalue weighted by Gasteiger charge is 2.56. The summed E-state index contributed by atoms with van der Waals surface area (Å²) >= 11 is 0. The highest BCUT2D eigenvalue weighted by molar-refractivity contribution is 6.13. The van der Waals surface area contributed by atoms with E-state index in [-0.39, 0.29) is 17.9 Å². The van der Waals surface area contributed by atoms with Gasteiger partial charge in [0.05, 0.1) is 11.8 Å². The molecule has 0 radical (unpaired) electrons. The minimum atomic E-state index is -0.915. The fraction of sp³-hybridized carbons (Fsp3) is 0.579. The van der Waals surface area contributed by atoms with Crippen molar-refractivity contribution in [2.45, 2.75) is 53.1 Å². The van der Waals surface area contributed by atoms with Gasteiger partial charge in [-0.25, -0.2) is 0 Å². The molecule has 1 aromatic carbocycles. The molecule has 1 fully saturated rings. The van der Waals surface area contributed by atoms with Crippen LogP contribution >= 0.6 is 0 Å². The fourth-order valence-electron chi connectivity index (χ4n) is 2.49. The quantitative estimate of drug-likeness (QED) is 0.717. The van der Waals surface area contributed by atoms with E-state index in [0.717, 1.165) is 6.42 Å². The van der Waals surface area contributed by atoms with Crippen LogP contribution in [0.3, 0.4) is 0 Å². The first-order valence-electron chi connectivity index (χ1n) is 8.70. The second kappa shape index (κ2) is 7.69. The van der Waals surface area contributed by atoms with Crippen LogP contribution < -0.4 is 15.4 Å². The van der Waals surface area contributed by atoms with E-state index in [4.69, 9.17) is 4.74 Å². The predicted molar refractivity (Wildman–Crippen MR) is 95.0 cm³/mol. The monoisotopic (exact) mass is 332 g/mol. The van der Waals surface area contributed by atoms with Crippen molar-refractivity contribution in [1.29, 1.82) is 0 Å². The van der Waals surface area contributed by atoms with Gasteiger partial charge in [0.2, 0.25) is 11.8 Å². The second-order valence-corrected chi connectivity index (χ2v) is 7.14. The molecule has 1 aromatic rings. The molecule has 0 bridgehead atoms. The number of hydrogen-bond donors (Lipinski definition) is 2. The Morgan fingerprint density at radius 3 is 2.38 bits per heavy atom. The number of nitrogens with one attached hydrogen (secondary N) is 2. The average Bonchev–Trinajstić information content (AvgIpc) is 3.30. The topological polar surface area (TPSA) is 67.4 Å². The number of anilines is 1. The Morgan fingerprint density at radius 2 is 1.79 bits per heavy atom. The maximum absolute atomic E-state index is 12.6. The van der Waals surface area contributed by atoms with E-state index in [0.29, 0.717) is 36.7 Å². The van der Waals surface area contributed by atoms with Gasteiger partial charge >= 0.3 is 0 Å². The molecular weight excluding hydrogens is 304 g/mol. The zero-order valence-electron chi connectivity index (χ0n) is 15.0. The zero-order valence-corrected chi connectivity index (χ0v) is 15.0. The van der Waals surface area contributed by atoms with Crippen molar-refractivity contribution in [3.05, 3.63) is 24.3 Å². The first-order valence-corrected chi connectivity index (χ1v) is 8.70. The Morgan fingerprint density at radius 1 is 1.12 bits per heavy atom. The summed E-state index contributed by atoms with van der Waals surface area (Å²) in [5, 5.41) is 5.77. The largest absolute Gasteiger partial charge is 0.489 e. The van der Waals surface area contributed by atoms with Gasteiger partial charge in [-0.05, 0) is 51.2 Å². The molecule has 2 N–H and O–H groups in total. The summed E-state index contributed by atoms with van der Waals surface area (Å²) in [5.41, 5.74) is -0.306. The number of amides is 2. The number of carbonyl (C=O) groups is 2. The van der Waals surface area contributed by atoms with Gasteiger partial charge in [0.1, 0.15) is 11.2 Å². The van der Waals surface area contributed by atoms with Gasteiger partial charge in [0, 0.05) is 6.54 Å². The van der Waals surface area contributed by atoms with Crippen LogP contribution in [0.1, 0.15) is 47.0 Å². The van der Waals surface area contributed by atoms with Crippen molar-refractivity contribution in [3.63, 3.8) is 0 Å². The molecule has 0 atom stereocenters. The lowest BCUT2D eigenvalue weighted by atomic mass is 10.0. The maximum atomic E-state index is 12.6. The fourth-order valence-corrected chi connectivity index (χ4v) is 2.49. The summed E-state index contributed by atoms with van der Waals surface area (Å²) in [4.78, 5) is 25.0. The van der Waals surface area contributed by atoms with Crippen LogP contribution in [0, 0.1) is 11.3 Å². The molecule has 0 unspecified atom stereocenters. The molecular formula is C19H28N2O3. The summed E-state index contributed by atoms with van der Waals surface area (Å²) in [7, 11) is 0. The Bertz CT molecular complexity index is 592. The van der Waals surface area contributed by atoms with Gasteiger partial charge in [-0.15, -0.1) is 0 Å². The number of hydrogen-bond acceptors (Lipinski definition) is 3. The molecule has 0 saturated heterocycles. The molecule has 0 heterocycles. The standard InChI is InChI=1S/C19H28N2O3/c1-13(2)9-12-20-17(22)19(10-11-19)18(23)21-15-7-5-6-8-16(15)24-14(3)4/h5-8,13-14H,9-12H2,1-4H3,(H,20,22)(H,21,23). The average molecular weight is 332 g/mol. The molecule has 0 aromatic heterocycles. The van der Waals surface area contributed by atoms with Gasteiger partial charge < -0.3 is 15.4 Å². The van der Waals surface area contributed by atoms with Crippen LogP contribution in [0.25, 0.3) is 0 Å². The number of para-hydroxylation sites is 2. The van der Waals surface area contributed by atoms with Crippen molar-refractivity contribution < 1.29 is 14.3 Å². The van der Waals surface area contributed by atoms with Crippen LogP contribution in [-0.2, 0) is 9.59 Å². The number of benzene rings is 1. The van der Waals surface area contributed by atoms with Gasteiger partial charge in [-0.2, -0.15) is 0 Å². The molecule has 5 heteroatoms. The van der Waals surface area contributed by atoms with Gasteiger partial charge in [-0.1, -0.05) is 26.0 Å². The zero-order chi connectivity index (χ0) is 17.7. The van der Waals surface area contributed by atoms with E-state index < -0.39 is 5.41 Å².